The molecule has 2 N–H and O–H groups in total. The minimum atomic E-state index is -0.762. The molecular weight excluding hydrogens is 236 g/mol. The van der Waals surface area contributed by atoms with Crippen molar-refractivity contribution in [2.24, 2.45) is 0 Å². The van der Waals surface area contributed by atoms with E-state index in [0.717, 1.165) is 0 Å². The fourth-order valence-corrected chi connectivity index (χ4v) is 1.11. The van der Waals surface area contributed by atoms with Crippen LogP contribution in [0.1, 0.15) is 27.7 Å². The fraction of sp³-hybridized carbons (Fsp3) is 0.545. The number of nitrogens with zero attached hydrogens (tertiary/aromatic N) is 2. The van der Waals surface area contributed by atoms with Crippen molar-refractivity contribution in [3.05, 3.63) is 18.5 Å². The van der Waals surface area contributed by atoms with Gasteiger partial charge in [-0.05, 0) is 33.8 Å². The summed E-state index contributed by atoms with van der Waals surface area (Å²) < 4.78 is 4.97. The van der Waals surface area contributed by atoms with Crippen LogP contribution in [-0.2, 0) is 9.53 Å². The first-order valence-electron chi connectivity index (χ1n) is 5.58. The van der Waals surface area contributed by atoms with E-state index in [0.29, 0.717) is 0 Å². The van der Waals surface area contributed by atoms with Crippen LogP contribution in [0.25, 0.3) is 0 Å². The molecule has 18 heavy (non-hydrogen) atoms. The van der Waals surface area contributed by atoms with E-state index in [2.05, 4.69) is 15.8 Å². The number of amides is 2. The van der Waals surface area contributed by atoms with Gasteiger partial charge in [0.15, 0.2) is 0 Å². The highest BCUT2D eigenvalue weighted by Gasteiger charge is 2.21. The van der Waals surface area contributed by atoms with Gasteiger partial charge in [0.2, 0.25) is 0 Å². The zero-order valence-corrected chi connectivity index (χ0v) is 10.9. The fourth-order valence-electron chi connectivity index (χ4n) is 1.11. The highest BCUT2D eigenvalue weighted by molar-refractivity contribution is 5.95. The predicted octanol–water partition coefficient (Wildman–Crippen LogP) is 0.866. The summed E-state index contributed by atoms with van der Waals surface area (Å²) in [5, 5.41) is 6.03. The first-order chi connectivity index (χ1) is 8.28. The Balaban J connectivity index is 2.43. The minimum Gasteiger partial charge on any atom is -0.444 e. The molecule has 1 atom stereocenters. The third-order valence-electron chi connectivity index (χ3n) is 1.85. The number of rotatable bonds is 3. The average Bonchev–Trinajstić information content (AvgIpc) is 2.66. The van der Waals surface area contributed by atoms with Gasteiger partial charge in [-0.3, -0.25) is 15.5 Å². The summed E-state index contributed by atoms with van der Waals surface area (Å²) >= 11 is 0. The van der Waals surface area contributed by atoms with Gasteiger partial charge in [0, 0.05) is 6.20 Å². The predicted molar refractivity (Wildman–Crippen MR) is 65.4 cm³/mol. The third-order valence-corrected chi connectivity index (χ3v) is 1.85. The zero-order chi connectivity index (χ0) is 13.8. The summed E-state index contributed by atoms with van der Waals surface area (Å²) in [6.07, 6.45) is 2.46. The molecule has 2 amide bonds. The molecule has 0 spiro atoms. The molecule has 0 saturated carbocycles. The second-order valence-electron chi connectivity index (χ2n) is 4.79. The number of ether oxygens (including phenoxy) is 1. The van der Waals surface area contributed by atoms with Crippen molar-refractivity contribution >= 4 is 12.0 Å². The topological polar surface area (TPSA) is 85.3 Å². The van der Waals surface area contributed by atoms with E-state index >= 15 is 0 Å². The number of hydrogen-bond acceptors (Lipinski definition) is 5. The lowest BCUT2D eigenvalue weighted by molar-refractivity contribution is -0.121. The van der Waals surface area contributed by atoms with Crippen LogP contribution in [-0.4, -0.2) is 33.5 Å². The Hall–Kier alpha value is -2.05. The SMILES string of the molecule is C[C@H](Nn1cccn1)C(=O)NC(=O)OC(C)(C)C. The van der Waals surface area contributed by atoms with Crippen LogP contribution < -0.4 is 10.7 Å². The third kappa shape index (κ3) is 4.86. The van der Waals surface area contributed by atoms with Gasteiger partial charge in [-0.1, -0.05) is 0 Å². The molecule has 1 aromatic rings. The van der Waals surface area contributed by atoms with Gasteiger partial charge < -0.3 is 4.74 Å². The molecule has 0 unspecified atom stereocenters. The Kier molecular flexibility index (Phi) is 4.30. The van der Waals surface area contributed by atoms with Gasteiger partial charge in [0.25, 0.3) is 5.91 Å². The van der Waals surface area contributed by atoms with E-state index in [9.17, 15) is 9.59 Å². The van der Waals surface area contributed by atoms with Crippen LogP contribution in [0.4, 0.5) is 4.79 Å². The molecule has 0 aliphatic carbocycles. The maximum absolute atomic E-state index is 11.6. The van der Waals surface area contributed by atoms with Crippen LogP contribution >= 0.6 is 0 Å². The van der Waals surface area contributed by atoms with Gasteiger partial charge >= 0.3 is 6.09 Å². The van der Waals surface area contributed by atoms with Gasteiger partial charge in [-0.2, -0.15) is 9.89 Å². The molecule has 7 heteroatoms. The summed E-state index contributed by atoms with van der Waals surface area (Å²) in [5.74, 6) is -0.486. The van der Waals surface area contributed by atoms with Crippen molar-refractivity contribution in [3.8, 4) is 0 Å². The Labute approximate surface area is 105 Å². The largest absolute Gasteiger partial charge is 0.444 e. The normalized spacial score (nSPS) is 12.7. The van der Waals surface area contributed by atoms with Gasteiger partial charge in [-0.15, -0.1) is 0 Å². The van der Waals surface area contributed by atoms with Crippen molar-refractivity contribution in [3.63, 3.8) is 0 Å². The second-order valence-corrected chi connectivity index (χ2v) is 4.79. The first kappa shape index (κ1) is 14.0. The van der Waals surface area contributed by atoms with Crippen molar-refractivity contribution in [2.75, 3.05) is 5.43 Å². The highest BCUT2D eigenvalue weighted by atomic mass is 16.6. The molecule has 0 fully saturated rings. The standard InChI is InChI=1S/C11H18N4O3/c1-8(14-15-7-5-6-12-15)9(16)13-10(17)18-11(2,3)4/h5-8,14H,1-4H3,(H,13,16,17)/t8-/m0/s1. The molecular formula is C11H18N4O3. The molecule has 1 heterocycles. The smallest absolute Gasteiger partial charge is 0.414 e. The maximum atomic E-state index is 11.6. The monoisotopic (exact) mass is 254 g/mol. The summed E-state index contributed by atoms with van der Waals surface area (Å²) in [7, 11) is 0. The molecule has 0 aromatic carbocycles. The van der Waals surface area contributed by atoms with E-state index in [-0.39, 0.29) is 0 Å². The van der Waals surface area contributed by atoms with Crippen LogP contribution in [0.15, 0.2) is 18.5 Å². The van der Waals surface area contributed by atoms with Crippen molar-refractivity contribution < 1.29 is 14.3 Å². The molecule has 0 saturated heterocycles. The maximum Gasteiger partial charge on any atom is 0.414 e. The van der Waals surface area contributed by atoms with Gasteiger partial charge in [0.1, 0.15) is 11.6 Å². The molecule has 100 valence electrons. The van der Waals surface area contributed by atoms with E-state index in [1.54, 1.807) is 46.2 Å². The first-order valence-corrected chi connectivity index (χ1v) is 5.58. The van der Waals surface area contributed by atoms with Crippen molar-refractivity contribution in [2.45, 2.75) is 39.3 Å². The Morgan fingerprint density at radius 1 is 1.39 bits per heavy atom. The summed E-state index contributed by atoms with van der Waals surface area (Å²) in [6.45, 7) is 6.79. The summed E-state index contributed by atoms with van der Waals surface area (Å²) in [5.41, 5.74) is 2.14. The van der Waals surface area contributed by atoms with Crippen LogP contribution in [0, 0.1) is 0 Å². The Morgan fingerprint density at radius 2 is 2.06 bits per heavy atom. The Bertz CT molecular complexity index is 408. The number of carbonyl (C=O) groups is 2. The summed E-state index contributed by atoms with van der Waals surface area (Å²) in [4.78, 5) is 24.4. The number of alkyl carbamates (subject to hydrolysis) is 1. The number of carbonyl (C=O) groups excluding carboxylic acids is 2. The molecule has 7 nitrogen and oxygen atoms in total. The lowest BCUT2D eigenvalue weighted by atomic mass is 10.2. The van der Waals surface area contributed by atoms with Crippen molar-refractivity contribution in [1.82, 2.24) is 15.2 Å². The molecule has 0 aliphatic rings. The van der Waals surface area contributed by atoms with E-state index < -0.39 is 23.6 Å². The minimum absolute atomic E-state index is 0.486. The van der Waals surface area contributed by atoms with Crippen LogP contribution in [0.2, 0.25) is 0 Å². The zero-order valence-electron chi connectivity index (χ0n) is 10.9. The highest BCUT2D eigenvalue weighted by Crippen LogP contribution is 2.06. The molecule has 0 aliphatic heterocycles. The van der Waals surface area contributed by atoms with Crippen LogP contribution in [0.5, 0.6) is 0 Å². The number of imide groups is 1. The molecule has 1 aromatic heterocycles. The van der Waals surface area contributed by atoms with E-state index in [4.69, 9.17) is 4.74 Å². The molecule has 0 radical (unpaired) electrons. The Morgan fingerprint density at radius 3 is 2.56 bits per heavy atom. The van der Waals surface area contributed by atoms with Gasteiger partial charge in [0.05, 0.1) is 6.20 Å². The number of nitrogens with one attached hydrogen (secondary N) is 2. The molecule has 0 bridgehead atoms. The van der Waals surface area contributed by atoms with E-state index in [1.165, 1.54) is 4.79 Å². The number of hydrogen-bond donors (Lipinski definition) is 2. The van der Waals surface area contributed by atoms with Crippen molar-refractivity contribution in [1.29, 1.82) is 0 Å². The summed E-state index contributed by atoms with van der Waals surface area (Å²) in [6, 6.07) is 1.10. The second kappa shape index (κ2) is 5.52. The lowest BCUT2D eigenvalue weighted by Gasteiger charge is -2.20. The van der Waals surface area contributed by atoms with Crippen LogP contribution in [0.3, 0.4) is 0 Å². The lowest BCUT2D eigenvalue weighted by Crippen LogP contribution is -2.45. The average molecular weight is 254 g/mol. The molecule has 1 rings (SSSR count). The van der Waals surface area contributed by atoms with E-state index in [1.807, 2.05) is 0 Å². The number of aromatic nitrogens is 2. The van der Waals surface area contributed by atoms with Gasteiger partial charge in [-0.25, -0.2) is 4.79 Å². The quantitative estimate of drug-likeness (QED) is 0.835.